The third-order valence-corrected chi connectivity index (χ3v) is 3.56. The van der Waals surface area contributed by atoms with Gasteiger partial charge in [0.05, 0.1) is 24.1 Å². The van der Waals surface area contributed by atoms with E-state index in [1.807, 2.05) is 18.2 Å². The molecule has 0 bridgehead atoms. The van der Waals surface area contributed by atoms with Crippen LogP contribution in [0.25, 0.3) is 0 Å². The van der Waals surface area contributed by atoms with Crippen molar-refractivity contribution in [1.29, 1.82) is 0 Å². The summed E-state index contributed by atoms with van der Waals surface area (Å²) in [5, 5.41) is 5.96. The van der Waals surface area contributed by atoms with Crippen LogP contribution >= 0.6 is 0 Å². The zero-order chi connectivity index (χ0) is 17.5. The van der Waals surface area contributed by atoms with Crippen molar-refractivity contribution < 1.29 is 9.18 Å². The molecule has 126 valence electrons. The summed E-state index contributed by atoms with van der Waals surface area (Å²) in [4.78, 5) is 20.4. The highest BCUT2D eigenvalue weighted by Gasteiger charge is 2.07. The van der Waals surface area contributed by atoms with E-state index in [-0.39, 0.29) is 11.7 Å². The molecule has 0 aliphatic heterocycles. The Balaban J connectivity index is 1.52. The van der Waals surface area contributed by atoms with E-state index in [9.17, 15) is 9.18 Å². The first kappa shape index (κ1) is 16.6. The van der Waals surface area contributed by atoms with Crippen molar-refractivity contribution in [1.82, 2.24) is 15.3 Å². The van der Waals surface area contributed by atoms with Crippen molar-refractivity contribution in [2.45, 2.75) is 13.1 Å². The monoisotopic (exact) mass is 336 g/mol. The van der Waals surface area contributed by atoms with E-state index in [2.05, 4.69) is 20.6 Å². The summed E-state index contributed by atoms with van der Waals surface area (Å²) in [6.07, 6.45) is 3.28. The second kappa shape index (κ2) is 8.01. The van der Waals surface area contributed by atoms with Crippen molar-refractivity contribution in [3.05, 3.63) is 89.8 Å². The molecule has 0 fully saturated rings. The number of nitrogens with one attached hydrogen (secondary N) is 2. The molecule has 25 heavy (non-hydrogen) atoms. The number of aromatic nitrogens is 2. The van der Waals surface area contributed by atoms with Crippen LogP contribution in [0.5, 0.6) is 0 Å². The molecular weight excluding hydrogens is 319 g/mol. The van der Waals surface area contributed by atoms with Crippen LogP contribution in [0.2, 0.25) is 0 Å². The van der Waals surface area contributed by atoms with E-state index in [1.54, 1.807) is 36.7 Å². The van der Waals surface area contributed by atoms with Gasteiger partial charge in [-0.25, -0.2) is 9.37 Å². The van der Waals surface area contributed by atoms with E-state index in [1.165, 1.54) is 12.1 Å². The molecule has 0 saturated heterocycles. The molecule has 0 atom stereocenters. The Morgan fingerprint density at radius 1 is 0.960 bits per heavy atom. The van der Waals surface area contributed by atoms with Crippen LogP contribution in [-0.4, -0.2) is 15.9 Å². The van der Waals surface area contributed by atoms with Crippen LogP contribution in [0.15, 0.2) is 67.0 Å². The molecule has 0 saturated carbocycles. The zero-order valence-electron chi connectivity index (χ0n) is 13.4. The van der Waals surface area contributed by atoms with Gasteiger partial charge in [-0.1, -0.05) is 18.2 Å². The Morgan fingerprint density at radius 2 is 1.80 bits per heavy atom. The lowest BCUT2D eigenvalue weighted by molar-refractivity contribution is 0.0945. The van der Waals surface area contributed by atoms with E-state index < -0.39 is 0 Å². The van der Waals surface area contributed by atoms with Crippen molar-refractivity contribution in [3.8, 4) is 0 Å². The van der Waals surface area contributed by atoms with Crippen molar-refractivity contribution >= 4 is 11.6 Å². The molecule has 0 aliphatic rings. The highest BCUT2D eigenvalue weighted by molar-refractivity contribution is 5.92. The Labute approximate surface area is 145 Å². The minimum absolute atomic E-state index is 0.254. The molecule has 3 aromatic rings. The number of rotatable bonds is 6. The summed E-state index contributed by atoms with van der Waals surface area (Å²) in [6.45, 7) is 0.902. The number of nitrogens with zero attached hydrogens (tertiary/aromatic N) is 2. The van der Waals surface area contributed by atoms with Gasteiger partial charge in [0.25, 0.3) is 5.91 Å². The lowest BCUT2D eigenvalue weighted by atomic mass is 10.2. The van der Waals surface area contributed by atoms with E-state index in [0.717, 1.165) is 16.9 Å². The lowest BCUT2D eigenvalue weighted by Gasteiger charge is -2.08. The van der Waals surface area contributed by atoms with Crippen molar-refractivity contribution in [3.63, 3.8) is 0 Å². The number of benzene rings is 1. The molecule has 6 heteroatoms. The normalized spacial score (nSPS) is 10.3. The zero-order valence-corrected chi connectivity index (χ0v) is 13.4. The topological polar surface area (TPSA) is 66.9 Å². The van der Waals surface area contributed by atoms with Gasteiger partial charge in [0, 0.05) is 12.7 Å². The maximum absolute atomic E-state index is 12.9. The molecule has 1 aromatic carbocycles. The van der Waals surface area contributed by atoms with Crippen LogP contribution in [0.4, 0.5) is 10.1 Å². The number of hydrogen-bond acceptors (Lipinski definition) is 4. The number of pyridine rings is 2. The summed E-state index contributed by atoms with van der Waals surface area (Å²) in [6, 6.07) is 15.3. The smallest absolute Gasteiger partial charge is 0.270 e. The number of hydrogen-bond donors (Lipinski definition) is 2. The average molecular weight is 336 g/mol. The molecule has 5 nitrogen and oxygen atoms in total. The number of halogens is 1. The number of amides is 1. The highest BCUT2D eigenvalue weighted by Crippen LogP contribution is 2.10. The molecule has 0 unspecified atom stereocenters. The van der Waals surface area contributed by atoms with E-state index >= 15 is 0 Å². The third-order valence-electron chi connectivity index (χ3n) is 3.56. The van der Waals surface area contributed by atoms with Gasteiger partial charge < -0.3 is 10.6 Å². The second-order valence-electron chi connectivity index (χ2n) is 5.42. The second-order valence-corrected chi connectivity index (χ2v) is 5.42. The summed E-state index contributed by atoms with van der Waals surface area (Å²) < 4.78 is 12.9. The predicted octanol–water partition coefficient (Wildman–Crippen LogP) is 3.16. The largest absolute Gasteiger partial charge is 0.380 e. The SMILES string of the molecule is O=C(NCc1ccccn1)c1ccc(NCc2ccc(F)cc2)cn1. The minimum atomic E-state index is -0.258. The molecule has 2 N–H and O–H groups in total. The van der Waals surface area contributed by atoms with Crippen LogP contribution in [-0.2, 0) is 13.1 Å². The van der Waals surface area contributed by atoms with Crippen LogP contribution in [0.1, 0.15) is 21.7 Å². The number of carbonyl (C=O) groups excluding carboxylic acids is 1. The van der Waals surface area contributed by atoms with Gasteiger partial charge >= 0.3 is 0 Å². The fourth-order valence-corrected chi connectivity index (χ4v) is 2.20. The summed E-state index contributed by atoms with van der Waals surface area (Å²) in [5.41, 5.74) is 2.86. The Morgan fingerprint density at radius 3 is 2.48 bits per heavy atom. The quantitative estimate of drug-likeness (QED) is 0.726. The van der Waals surface area contributed by atoms with E-state index in [0.29, 0.717) is 18.8 Å². The fourth-order valence-electron chi connectivity index (χ4n) is 2.20. The van der Waals surface area contributed by atoms with Gasteiger partial charge in [0.1, 0.15) is 11.5 Å². The number of anilines is 1. The molecule has 0 radical (unpaired) electrons. The first-order valence-corrected chi connectivity index (χ1v) is 7.83. The number of carbonyl (C=O) groups is 1. The van der Waals surface area contributed by atoms with Crippen LogP contribution in [0.3, 0.4) is 0 Å². The van der Waals surface area contributed by atoms with Gasteiger partial charge in [0.2, 0.25) is 0 Å². The Bertz CT molecular complexity index is 820. The standard InChI is InChI=1S/C19H17FN4O/c20-15-6-4-14(5-7-15)11-22-17-8-9-18(23-12-17)19(25)24-13-16-3-1-2-10-21-16/h1-10,12,22H,11,13H2,(H,24,25). The summed E-state index contributed by atoms with van der Waals surface area (Å²) >= 11 is 0. The molecule has 1 amide bonds. The maximum Gasteiger partial charge on any atom is 0.270 e. The first-order chi connectivity index (χ1) is 12.2. The maximum atomic E-state index is 12.9. The van der Waals surface area contributed by atoms with Crippen molar-refractivity contribution in [2.75, 3.05) is 5.32 Å². The highest BCUT2D eigenvalue weighted by atomic mass is 19.1. The van der Waals surface area contributed by atoms with Gasteiger partial charge in [-0.2, -0.15) is 0 Å². The lowest BCUT2D eigenvalue weighted by Crippen LogP contribution is -2.24. The summed E-state index contributed by atoms with van der Waals surface area (Å²) in [7, 11) is 0. The molecule has 2 aromatic heterocycles. The van der Waals surface area contributed by atoms with Gasteiger partial charge in [0.15, 0.2) is 0 Å². The Hall–Kier alpha value is -3.28. The predicted molar refractivity (Wildman–Crippen MR) is 93.4 cm³/mol. The van der Waals surface area contributed by atoms with Gasteiger partial charge in [-0.05, 0) is 42.0 Å². The minimum Gasteiger partial charge on any atom is -0.380 e. The summed E-state index contributed by atoms with van der Waals surface area (Å²) in [5.74, 6) is -0.512. The molecule has 3 rings (SSSR count). The Kier molecular flexibility index (Phi) is 5.31. The van der Waals surface area contributed by atoms with Gasteiger partial charge in [-0.15, -0.1) is 0 Å². The molecule has 2 heterocycles. The third kappa shape index (κ3) is 4.84. The van der Waals surface area contributed by atoms with Crippen LogP contribution in [0, 0.1) is 5.82 Å². The average Bonchev–Trinajstić information content (AvgIpc) is 2.67. The fraction of sp³-hybridized carbons (Fsp3) is 0.105. The first-order valence-electron chi connectivity index (χ1n) is 7.83. The molecule has 0 spiro atoms. The van der Waals surface area contributed by atoms with Crippen molar-refractivity contribution in [2.24, 2.45) is 0 Å². The van der Waals surface area contributed by atoms with Crippen LogP contribution < -0.4 is 10.6 Å². The van der Waals surface area contributed by atoms with E-state index in [4.69, 9.17) is 0 Å². The molecule has 0 aliphatic carbocycles. The molecular formula is C19H17FN4O. The van der Waals surface area contributed by atoms with Gasteiger partial charge in [-0.3, -0.25) is 9.78 Å².